The average molecular weight is 376 g/mol. The van der Waals surface area contributed by atoms with Gasteiger partial charge in [0.15, 0.2) is 0 Å². The smallest absolute Gasteiger partial charge is 0.0900 e. The highest BCUT2D eigenvalue weighted by Crippen LogP contribution is 2.63. The van der Waals surface area contributed by atoms with Crippen LogP contribution in [0.4, 0.5) is 0 Å². The Kier molecular flexibility index (Phi) is 4.61. The minimum Gasteiger partial charge on any atom is -0.396 e. The maximum atomic E-state index is 10.4. The first kappa shape index (κ1) is 18.6. The summed E-state index contributed by atoms with van der Waals surface area (Å²) in [6, 6.07) is 0. The zero-order valence-electron chi connectivity index (χ0n) is 16.4. The van der Waals surface area contributed by atoms with Crippen molar-refractivity contribution in [3.8, 4) is 0 Å². The zero-order valence-corrected chi connectivity index (χ0v) is 17.2. The van der Waals surface area contributed by atoms with Crippen molar-refractivity contribution in [3.63, 3.8) is 0 Å². The highest BCUT2D eigenvalue weighted by molar-refractivity contribution is 7.11. The third kappa shape index (κ3) is 2.56. The van der Waals surface area contributed by atoms with E-state index in [4.69, 9.17) is 4.98 Å². The van der Waals surface area contributed by atoms with Crippen molar-refractivity contribution in [1.82, 2.24) is 4.98 Å². The second kappa shape index (κ2) is 6.42. The molecule has 2 fully saturated rings. The molecule has 4 rings (SSSR count). The lowest BCUT2D eigenvalue weighted by Gasteiger charge is -2.55. The van der Waals surface area contributed by atoms with Gasteiger partial charge in [-0.25, -0.2) is 4.98 Å². The molecule has 0 radical (unpaired) electrons. The first-order chi connectivity index (χ1) is 12.3. The van der Waals surface area contributed by atoms with Gasteiger partial charge in [0.1, 0.15) is 0 Å². The summed E-state index contributed by atoms with van der Waals surface area (Å²) in [6.07, 6.45) is 6.49. The molecule has 6 unspecified atom stereocenters. The Morgan fingerprint density at radius 1 is 1.19 bits per heavy atom. The Morgan fingerprint density at radius 3 is 2.65 bits per heavy atom. The third-order valence-electron chi connectivity index (χ3n) is 8.47. The van der Waals surface area contributed by atoms with E-state index >= 15 is 0 Å². The van der Waals surface area contributed by atoms with Gasteiger partial charge in [0.05, 0.1) is 10.7 Å². The Bertz CT molecular complexity index is 713. The van der Waals surface area contributed by atoms with Crippen molar-refractivity contribution in [2.45, 2.75) is 59.3 Å². The standard InChI is InChI=1S/C22H33NO2S/c1-13-5-6-17-16(12-25)18(7-8-21(13,17)3)22(4)10-20-19(9-15(22)11-24)23-14(2)26-20/h15-18,24-25H,1,5-12H2,2-4H3. The summed E-state index contributed by atoms with van der Waals surface area (Å²) in [4.78, 5) is 6.13. The number of aryl methyl sites for hydroxylation is 1. The van der Waals surface area contributed by atoms with E-state index in [1.807, 2.05) is 11.3 Å². The molecule has 6 atom stereocenters. The normalized spacial score (nSPS) is 42.6. The van der Waals surface area contributed by atoms with E-state index in [0.29, 0.717) is 17.8 Å². The molecule has 0 spiro atoms. The molecule has 0 saturated heterocycles. The molecule has 26 heavy (non-hydrogen) atoms. The van der Waals surface area contributed by atoms with Crippen LogP contribution in [0.15, 0.2) is 12.2 Å². The number of hydrogen-bond acceptors (Lipinski definition) is 4. The summed E-state index contributed by atoms with van der Waals surface area (Å²) in [5.41, 5.74) is 2.85. The molecular weight excluding hydrogens is 342 g/mol. The Hall–Kier alpha value is -0.710. The molecule has 0 amide bonds. The van der Waals surface area contributed by atoms with Gasteiger partial charge >= 0.3 is 0 Å². The van der Waals surface area contributed by atoms with Gasteiger partial charge in [-0.05, 0) is 80.0 Å². The number of rotatable bonds is 3. The lowest BCUT2D eigenvalue weighted by molar-refractivity contribution is -0.0733. The molecule has 144 valence electrons. The quantitative estimate of drug-likeness (QED) is 0.780. The van der Waals surface area contributed by atoms with E-state index < -0.39 is 0 Å². The second-order valence-electron chi connectivity index (χ2n) is 9.53. The van der Waals surface area contributed by atoms with Crippen LogP contribution in [-0.2, 0) is 12.8 Å². The highest BCUT2D eigenvalue weighted by Gasteiger charge is 2.56. The molecule has 0 bridgehead atoms. The van der Waals surface area contributed by atoms with E-state index in [0.717, 1.165) is 30.7 Å². The van der Waals surface area contributed by atoms with Crippen molar-refractivity contribution < 1.29 is 10.2 Å². The molecule has 3 aliphatic carbocycles. The van der Waals surface area contributed by atoms with Gasteiger partial charge in [-0.1, -0.05) is 26.0 Å². The summed E-state index contributed by atoms with van der Waals surface area (Å²) < 4.78 is 0. The van der Waals surface area contributed by atoms with Crippen molar-refractivity contribution >= 4 is 11.3 Å². The molecular formula is C22H33NO2S. The second-order valence-corrected chi connectivity index (χ2v) is 10.8. The molecule has 0 aliphatic heterocycles. The van der Waals surface area contributed by atoms with Gasteiger partial charge < -0.3 is 10.2 Å². The van der Waals surface area contributed by atoms with Crippen LogP contribution in [0.5, 0.6) is 0 Å². The van der Waals surface area contributed by atoms with Crippen LogP contribution in [0.3, 0.4) is 0 Å². The van der Waals surface area contributed by atoms with Gasteiger partial charge in [0.2, 0.25) is 0 Å². The Labute approximate surface area is 161 Å². The van der Waals surface area contributed by atoms with Gasteiger partial charge in [-0.15, -0.1) is 11.3 Å². The first-order valence-corrected chi connectivity index (χ1v) is 11.0. The van der Waals surface area contributed by atoms with Crippen LogP contribution < -0.4 is 0 Å². The van der Waals surface area contributed by atoms with Crippen LogP contribution in [-0.4, -0.2) is 28.4 Å². The number of fused-ring (bicyclic) bond motifs is 2. The fourth-order valence-electron chi connectivity index (χ4n) is 6.74. The largest absolute Gasteiger partial charge is 0.396 e. The topological polar surface area (TPSA) is 53.4 Å². The number of thiazole rings is 1. The van der Waals surface area contributed by atoms with Gasteiger partial charge in [0.25, 0.3) is 0 Å². The first-order valence-electron chi connectivity index (χ1n) is 10.2. The molecule has 3 nitrogen and oxygen atoms in total. The Morgan fingerprint density at radius 2 is 1.96 bits per heavy atom. The summed E-state index contributed by atoms with van der Waals surface area (Å²) in [7, 11) is 0. The molecule has 1 aromatic heterocycles. The maximum Gasteiger partial charge on any atom is 0.0900 e. The number of allylic oxidation sites excluding steroid dienone is 1. The molecule has 2 N–H and O–H groups in total. The van der Waals surface area contributed by atoms with Gasteiger partial charge in [0, 0.05) is 18.1 Å². The number of aliphatic hydroxyl groups is 2. The van der Waals surface area contributed by atoms with E-state index in [1.165, 1.54) is 29.0 Å². The monoisotopic (exact) mass is 375 g/mol. The van der Waals surface area contributed by atoms with Crippen LogP contribution in [0.2, 0.25) is 0 Å². The summed E-state index contributed by atoms with van der Waals surface area (Å²) >= 11 is 1.83. The zero-order chi connectivity index (χ0) is 18.7. The van der Waals surface area contributed by atoms with Crippen LogP contribution in [0.1, 0.15) is 55.1 Å². The number of hydrogen-bond donors (Lipinski definition) is 2. The molecule has 1 heterocycles. The van der Waals surface area contributed by atoms with E-state index in [-0.39, 0.29) is 30.0 Å². The van der Waals surface area contributed by atoms with Crippen molar-refractivity contribution in [2.75, 3.05) is 13.2 Å². The van der Waals surface area contributed by atoms with E-state index in [9.17, 15) is 10.2 Å². The summed E-state index contributed by atoms with van der Waals surface area (Å²) in [5.74, 6) is 1.57. The summed E-state index contributed by atoms with van der Waals surface area (Å²) in [6.45, 7) is 11.7. The minimum absolute atomic E-state index is 0.0410. The highest BCUT2D eigenvalue weighted by atomic mass is 32.1. The van der Waals surface area contributed by atoms with Crippen molar-refractivity contribution in [3.05, 3.63) is 27.7 Å². The predicted molar refractivity (Wildman–Crippen MR) is 106 cm³/mol. The van der Waals surface area contributed by atoms with Crippen LogP contribution in [0, 0.1) is 41.4 Å². The minimum atomic E-state index is 0.0410. The fraction of sp³-hybridized carbons (Fsp3) is 0.773. The molecule has 0 aromatic carbocycles. The predicted octanol–water partition coefficient (Wildman–Crippen LogP) is 4.16. The van der Waals surface area contributed by atoms with Crippen molar-refractivity contribution in [2.24, 2.45) is 34.5 Å². The molecule has 1 aromatic rings. The van der Waals surface area contributed by atoms with E-state index in [2.05, 4.69) is 27.4 Å². The maximum absolute atomic E-state index is 10.4. The fourth-order valence-corrected chi connectivity index (χ4v) is 7.88. The number of nitrogens with zero attached hydrogens (tertiary/aromatic N) is 1. The van der Waals surface area contributed by atoms with E-state index in [1.54, 1.807) is 0 Å². The third-order valence-corrected chi connectivity index (χ3v) is 9.48. The van der Waals surface area contributed by atoms with Gasteiger partial charge in [-0.3, -0.25) is 0 Å². The number of aliphatic hydroxyl groups excluding tert-OH is 2. The molecule has 3 aliphatic rings. The molecule has 4 heteroatoms. The lowest BCUT2D eigenvalue weighted by atomic mass is 9.50. The SMILES string of the molecule is C=C1CCC2C(CO)C(C3(C)Cc4sc(C)nc4CC3CO)CCC12C. The average Bonchev–Trinajstić information content (AvgIpc) is 3.11. The van der Waals surface area contributed by atoms with Crippen LogP contribution >= 0.6 is 11.3 Å². The lowest BCUT2D eigenvalue weighted by Crippen LogP contribution is -2.52. The van der Waals surface area contributed by atoms with Gasteiger partial charge in [-0.2, -0.15) is 0 Å². The van der Waals surface area contributed by atoms with Crippen LogP contribution in [0.25, 0.3) is 0 Å². The number of aromatic nitrogens is 1. The molecule has 2 saturated carbocycles. The Balaban J connectivity index is 1.70. The van der Waals surface area contributed by atoms with Crippen molar-refractivity contribution in [1.29, 1.82) is 0 Å². The summed E-state index contributed by atoms with van der Waals surface area (Å²) in [5, 5.41) is 21.8.